The molecule has 0 aliphatic rings. The highest BCUT2D eigenvalue weighted by atomic mass is 35.5. The van der Waals surface area contributed by atoms with Gasteiger partial charge < -0.3 is 0 Å². The first-order valence-electron chi connectivity index (χ1n) is 5.61. The molecule has 0 aliphatic carbocycles. The Morgan fingerprint density at radius 2 is 1.79 bits per heavy atom. The van der Waals surface area contributed by atoms with Crippen LogP contribution in [0.25, 0.3) is 5.69 Å². The molecule has 0 spiro atoms. The van der Waals surface area contributed by atoms with Gasteiger partial charge in [0.1, 0.15) is 0 Å². The van der Waals surface area contributed by atoms with Crippen LogP contribution in [0.15, 0.2) is 46.2 Å². The van der Waals surface area contributed by atoms with E-state index < -0.39 is 11.1 Å². The average molecular weight is 275 g/mol. The Morgan fingerprint density at radius 3 is 2.42 bits per heavy atom. The summed E-state index contributed by atoms with van der Waals surface area (Å²) in [5.74, 6) is 5.43. The lowest BCUT2D eigenvalue weighted by Gasteiger charge is -2.07. The molecule has 19 heavy (non-hydrogen) atoms. The van der Waals surface area contributed by atoms with Gasteiger partial charge in [-0.15, -0.1) is 5.92 Å². The first kappa shape index (κ1) is 13.2. The number of hydrogen-bond acceptors (Lipinski definition) is 2. The van der Waals surface area contributed by atoms with E-state index in [-0.39, 0.29) is 6.54 Å². The Morgan fingerprint density at radius 1 is 1.11 bits per heavy atom. The van der Waals surface area contributed by atoms with Crippen molar-refractivity contribution in [1.82, 2.24) is 9.13 Å². The van der Waals surface area contributed by atoms with Crippen molar-refractivity contribution in [2.45, 2.75) is 13.5 Å². The second-order valence-corrected chi connectivity index (χ2v) is 4.25. The van der Waals surface area contributed by atoms with Gasteiger partial charge in [0.2, 0.25) is 0 Å². The van der Waals surface area contributed by atoms with Crippen molar-refractivity contribution in [3.05, 3.63) is 62.4 Å². The maximum absolute atomic E-state index is 12.0. The molecule has 0 aliphatic heterocycles. The highest BCUT2D eigenvalue weighted by molar-refractivity contribution is 6.30. The number of rotatable bonds is 2. The molecule has 0 fully saturated rings. The molecule has 4 nitrogen and oxygen atoms in total. The lowest BCUT2D eigenvalue weighted by Crippen LogP contribution is -2.39. The summed E-state index contributed by atoms with van der Waals surface area (Å²) in [6.07, 6.45) is 3.09. The summed E-state index contributed by atoms with van der Waals surface area (Å²) in [6.45, 7) is 1.89. The summed E-state index contributed by atoms with van der Waals surface area (Å²) in [4.78, 5) is 23.9. The summed E-state index contributed by atoms with van der Waals surface area (Å²) in [5.41, 5.74) is -0.608. The molecular weight excluding hydrogens is 264 g/mol. The molecule has 0 saturated carbocycles. The lowest BCUT2D eigenvalue weighted by molar-refractivity contribution is 0.744. The van der Waals surface area contributed by atoms with Crippen molar-refractivity contribution < 1.29 is 0 Å². The molecule has 0 N–H and O–H groups in total. The fraction of sp³-hybridized carbons (Fsp3) is 0.143. The largest absolute Gasteiger partial charge is 0.321 e. The molecule has 0 bridgehead atoms. The minimum atomic E-state index is -0.609. The average Bonchev–Trinajstić information content (AvgIpc) is 2.42. The zero-order valence-corrected chi connectivity index (χ0v) is 11.0. The van der Waals surface area contributed by atoms with Gasteiger partial charge in [-0.25, -0.2) is 0 Å². The van der Waals surface area contributed by atoms with E-state index in [2.05, 4.69) is 11.8 Å². The molecule has 0 saturated heterocycles. The normalized spacial score (nSPS) is 9.79. The quantitative estimate of drug-likeness (QED) is 0.618. The highest BCUT2D eigenvalue weighted by Crippen LogP contribution is 2.11. The van der Waals surface area contributed by atoms with Crippen LogP contribution in [0.4, 0.5) is 0 Å². The molecule has 0 radical (unpaired) electrons. The zero-order valence-electron chi connectivity index (χ0n) is 10.3. The standard InChI is InChI=1S/C14H11ClN2O2/c1-2-3-8-16-9-10-17(14(19)13(16)18)12-6-4-11(15)5-7-12/h4-7,9-10H,8H2,1H3. The van der Waals surface area contributed by atoms with E-state index >= 15 is 0 Å². The smallest absolute Gasteiger partial charge is 0.298 e. The van der Waals surface area contributed by atoms with Crippen molar-refractivity contribution in [2.75, 3.05) is 0 Å². The second-order valence-electron chi connectivity index (χ2n) is 3.81. The summed E-state index contributed by atoms with van der Waals surface area (Å²) in [5, 5.41) is 0.573. The predicted octanol–water partition coefficient (Wildman–Crippen LogP) is 1.68. The van der Waals surface area contributed by atoms with Gasteiger partial charge in [-0.05, 0) is 31.2 Å². The third-order valence-corrected chi connectivity index (χ3v) is 2.84. The van der Waals surface area contributed by atoms with Crippen molar-refractivity contribution in [2.24, 2.45) is 0 Å². The number of benzene rings is 1. The van der Waals surface area contributed by atoms with E-state index in [0.717, 1.165) is 0 Å². The number of nitrogens with zero attached hydrogens (tertiary/aromatic N) is 2. The number of halogens is 1. The Hall–Kier alpha value is -2.25. The highest BCUT2D eigenvalue weighted by Gasteiger charge is 2.05. The van der Waals surface area contributed by atoms with Gasteiger partial charge in [-0.3, -0.25) is 18.7 Å². The van der Waals surface area contributed by atoms with E-state index in [1.807, 2.05) is 0 Å². The van der Waals surface area contributed by atoms with Gasteiger partial charge >= 0.3 is 11.1 Å². The lowest BCUT2D eigenvalue weighted by atomic mass is 10.3. The SMILES string of the molecule is CC#CCn1ccn(-c2ccc(Cl)cc2)c(=O)c1=O. The van der Waals surface area contributed by atoms with E-state index in [4.69, 9.17) is 11.6 Å². The van der Waals surface area contributed by atoms with Crippen LogP contribution in [0.5, 0.6) is 0 Å². The molecule has 1 heterocycles. The first-order valence-corrected chi connectivity index (χ1v) is 5.99. The molecule has 0 atom stereocenters. The van der Waals surface area contributed by atoms with Crippen LogP contribution in [0, 0.1) is 11.8 Å². The topological polar surface area (TPSA) is 44.0 Å². The van der Waals surface area contributed by atoms with Crippen LogP contribution in [-0.2, 0) is 6.54 Å². The van der Waals surface area contributed by atoms with E-state index in [0.29, 0.717) is 10.7 Å². The molecule has 1 aromatic heterocycles. The molecule has 5 heteroatoms. The summed E-state index contributed by atoms with van der Waals surface area (Å²) in [7, 11) is 0. The molecule has 96 valence electrons. The van der Waals surface area contributed by atoms with Crippen molar-refractivity contribution in [3.8, 4) is 17.5 Å². The van der Waals surface area contributed by atoms with Crippen LogP contribution >= 0.6 is 11.6 Å². The Labute approximate surface area is 114 Å². The molecule has 1 aromatic carbocycles. The maximum atomic E-state index is 12.0. The third kappa shape index (κ3) is 2.78. The van der Waals surface area contributed by atoms with Gasteiger partial charge in [-0.2, -0.15) is 0 Å². The Bertz CT molecular complexity index is 761. The predicted molar refractivity (Wildman–Crippen MR) is 74.8 cm³/mol. The number of aromatic nitrogens is 2. The van der Waals surface area contributed by atoms with Gasteiger partial charge in [0.15, 0.2) is 0 Å². The van der Waals surface area contributed by atoms with Crippen LogP contribution in [0.2, 0.25) is 5.02 Å². The second kappa shape index (κ2) is 5.59. The van der Waals surface area contributed by atoms with E-state index in [1.54, 1.807) is 43.6 Å². The Kier molecular flexibility index (Phi) is 3.88. The maximum Gasteiger partial charge on any atom is 0.321 e. The van der Waals surface area contributed by atoms with E-state index in [9.17, 15) is 9.59 Å². The fourth-order valence-corrected chi connectivity index (χ4v) is 1.73. The summed E-state index contributed by atoms with van der Waals surface area (Å²) < 4.78 is 2.57. The molecular formula is C14H11ClN2O2. The minimum absolute atomic E-state index is 0.214. The van der Waals surface area contributed by atoms with Crippen molar-refractivity contribution in [1.29, 1.82) is 0 Å². The third-order valence-electron chi connectivity index (χ3n) is 2.59. The van der Waals surface area contributed by atoms with Crippen LogP contribution in [0.1, 0.15) is 6.92 Å². The summed E-state index contributed by atoms with van der Waals surface area (Å²) in [6, 6.07) is 6.69. The van der Waals surface area contributed by atoms with E-state index in [1.165, 1.54) is 9.13 Å². The van der Waals surface area contributed by atoms with Crippen LogP contribution in [0.3, 0.4) is 0 Å². The summed E-state index contributed by atoms with van der Waals surface area (Å²) >= 11 is 5.78. The van der Waals surface area contributed by atoms with Gasteiger partial charge in [0.05, 0.1) is 6.54 Å². The first-order chi connectivity index (χ1) is 9.13. The van der Waals surface area contributed by atoms with Gasteiger partial charge in [-0.1, -0.05) is 17.5 Å². The molecule has 0 unspecified atom stereocenters. The van der Waals surface area contributed by atoms with Crippen molar-refractivity contribution >= 4 is 11.6 Å². The zero-order chi connectivity index (χ0) is 13.8. The van der Waals surface area contributed by atoms with Crippen molar-refractivity contribution in [3.63, 3.8) is 0 Å². The van der Waals surface area contributed by atoms with Gasteiger partial charge in [0.25, 0.3) is 0 Å². The van der Waals surface area contributed by atoms with Crippen LogP contribution < -0.4 is 11.1 Å². The molecule has 2 aromatic rings. The molecule has 2 rings (SSSR count). The molecule has 0 amide bonds. The number of hydrogen-bond donors (Lipinski definition) is 0. The fourth-order valence-electron chi connectivity index (χ4n) is 1.60. The minimum Gasteiger partial charge on any atom is -0.298 e. The Balaban J connectivity index is 2.52. The van der Waals surface area contributed by atoms with Crippen LogP contribution in [-0.4, -0.2) is 9.13 Å². The monoisotopic (exact) mass is 274 g/mol. The van der Waals surface area contributed by atoms with Gasteiger partial charge in [0, 0.05) is 23.1 Å².